The zero-order valence-corrected chi connectivity index (χ0v) is 15.9. The van der Waals surface area contributed by atoms with E-state index in [0.717, 1.165) is 5.56 Å². The van der Waals surface area contributed by atoms with Crippen molar-refractivity contribution in [3.63, 3.8) is 0 Å². The van der Waals surface area contributed by atoms with Crippen LogP contribution in [0.4, 0.5) is 8.78 Å². The van der Waals surface area contributed by atoms with Crippen molar-refractivity contribution in [1.82, 2.24) is 10.6 Å². The van der Waals surface area contributed by atoms with Crippen LogP contribution in [0.3, 0.4) is 0 Å². The predicted molar refractivity (Wildman–Crippen MR) is 107 cm³/mol. The van der Waals surface area contributed by atoms with E-state index in [4.69, 9.17) is 11.1 Å². The maximum Gasteiger partial charge on any atom is 0.227 e. The summed E-state index contributed by atoms with van der Waals surface area (Å²) in [5, 5.41) is 13.7. The van der Waals surface area contributed by atoms with Crippen molar-refractivity contribution in [2.75, 3.05) is 7.05 Å². The lowest BCUT2D eigenvalue weighted by Crippen LogP contribution is -2.36. The fourth-order valence-electron chi connectivity index (χ4n) is 2.84. The second kappa shape index (κ2) is 9.75. The fraction of sp³-hybridized carbons (Fsp3) is 0.238. The molecule has 0 aliphatic heterocycles. The third kappa shape index (κ3) is 5.99. The first kappa shape index (κ1) is 21.2. The molecule has 1 unspecified atom stereocenters. The van der Waals surface area contributed by atoms with Crippen LogP contribution in [0.5, 0.6) is 0 Å². The summed E-state index contributed by atoms with van der Waals surface area (Å²) < 4.78 is 26.2. The molecular formula is C21H24F2N4O. The van der Waals surface area contributed by atoms with Crippen LogP contribution >= 0.6 is 0 Å². The van der Waals surface area contributed by atoms with Crippen LogP contribution in [0.2, 0.25) is 0 Å². The number of nitrogens with two attached hydrogens (primary N) is 1. The van der Waals surface area contributed by atoms with Crippen molar-refractivity contribution in [3.05, 3.63) is 77.1 Å². The van der Waals surface area contributed by atoms with Gasteiger partial charge in [0.25, 0.3) is 0 Å². The number of benzene rings is 2. The summed E-state index contributed by atoms with van der Waals surface area (Å²) in [5.41, 5.74) is 8.17. The molecule has 2 aromatic rings. The van der Waals surface area contributed by atoms with Gasteiger partial charge in [0, 0.05) is 30.8 Å². The Morgan fingerprint density at radius 3 is 2.11 bits per heavy atom. The van der Waals surface area contributed by atoms with Crippen molar-refractivity contribution in [1.29, 1.82) is 5.41 Å². The first-order valence-corrected chi connectivity index (χ1v) is 8.83. The lowest BCUT2D eigenvalue weighted by molar-refractivity contribution is -0.120. The van der Waals surface area contributed by atoms with Gasteiger partial charge >= 0.3 is 0 Å². The molecule has 0 fully saturated rings. The molecule has 5 N–H and O–H groups in total. The summed E-state index contributed by atoms with van der Waals surface area (Å²) in [4.78, 5) is 12.4. The molecule has 0 spiro atoms. The first-order valence-electron chi connectivity index (χ1n) is 8.83. The van der Waals surface area contributed by atoms with E-state index >= 15 is 0 Å². The number of carbonyl (C=O) groups excluding carboxylic acids is 1. The Hall–Kier alpha value is -3.06. The minimum atomic E-state index is -0.445. The third-order valence-corrected chi connectivity index (χ3v) is 4.13. The number of hydrogen-bond acceptors (Lipinski definition) is 4. The molecule has 148 valence electrons. The standard InChI is InChI=1S/C21H24F2N4O/c1-13(24)20(15-5-9-17(23)10-6-15)21(26-2)27-19(28)12-18(25)11-14-3-7-16(22)8-4-14/h3-10,18,24,26H,11-12,25H2,1-2H3,(H,27,28)/b21-20-,24-13?. The molecular weight excluding hydrogens is 362 g/mol. The van der Waals surface area contributed by atoms with E-state index in [9.17, 15) is 13.6 Å². The van der Waals surface area contributed by atoms with Crippen LogP contribution in [0, 0.1) is 17.0 Å². The monoisotopic (exact) mass is 386 g/mol. The molecule has 0 radical (unpaired) electrons. The van der Waals surface area contributed by atoms with Crippen molar-refractivity contribution in [3.8, 4) is 0 Å². The van der Waals surface area contributed by atoms with Crippen molar-refractivity contribution in [2.45, 2.75) is 25.8 Å². The van der Waals surface area contributed by atoms with Gasteiger partial charge in [-0.15, -0.1) is 0 Å². The molecule has 1 amide bonds. The average molecular weight is 386 g/mol. The smallest absolute Gasteiger partial charge is 0.227 e. The highest BCUT2D eigenvalue weighted by molar-refractivity contribution is 6.22. The van der Waals surface area contributed by atoms with Crippen LogP contribution in [0.25, 0.3) is 5.57 Å². The number of rotatable bonds is 8. The van der Waals surface area contributed by atoms with Crippen LogP contribution < -0.4 is 16.4 Å². The van der Waals surface area contributed by atoms with E-state index in [1.54, 1.807) is 38.2 Å². The van der Waals surface area contributed by atoms with E-state index in [-0.39, 0.29) is 29.7 Å². The van der Waals surface area contributed by atoms with Gasteiger partial charge in [-0.2, -0.15) is 0 Å². The number of halogens is 2. The first-order chi connectivity index (χ1) is 13.3. The largest absolute Gasteiger partial charge is 0.374 e. The zero-order valence-electron chi connectivity index (χ0n) is 15.9. The number of allylic oxidation sites excluding steroid dienone is 1. The molecule has 2 rings (SSSR count). The van der Waals surface area contributed by atoms with E-state index in [2.05, 4.69) is 10.6 Å². The number of carbonyl (C=O) groups is 1. The zero-order chi connectivity index (χ0) is 20.7. The highest BCUT2D eigenvalue weighted by atomic mass is 19.1. The Balaban J connectivity index is 2.11. The normalized spacial score (nSPS) is 12.8. The molecule has 1 atom stereocenters. The lowest BCUT2D eigenvalue weighted by Gasteiger charge is -2.17. The van der Waals surface area contributed by atoms with Crippen molar-refractivity contribution >= 4 is 17.2 Å². The molecule has 0 bridgehead atoms. The lowest BCUT2D eigenvalue weighted by atomic mass is 10.0. The molecule has 0 aromatic heterocycles. The van der Waals surface area contributed by atoms with Gasteiger partial charge in [-0.3, -0.25) is 4.79 Å². The summed E-state index contributed by atoms with van der Waals surface area (Å²) in [7, 11) is 1.63. The van der Waals surface area contributed by atoms with Gasteiger partial charge in [0.05, 0.1) is 0 Å². The SMILES string of the molecule is CN/C(NC(=O)CC(N)Cc1ccc(F)cc1)=C(\C(C)=N)c1ccc(F)cc1. The number of nitrogens with one attached hydrogen (secondary N) is 3. The van der Waals surface area contributed by atoms with Gasteiger partial charge in [0.15, 0.2) is 0 Å². The maximum absolute atomic E-state index is 13.2. The van der Waals surface area contributed by atoms with Crippen molar-refractivity contribution < 1.29 is 13.6 Å². The maximum atomic E-state index is 13.2. The van der Waals surface area contributed by atoms with Crippen LogP contribution in [-0.2, 0) is 11.2 Å². The summed E-state index contributed by atoms with van der Waals surface area (Å²) in [6.45, 7) is 1.59. The molecule has 28 heavy (non-hydrogen) atoms. The molecule has 0 saturated carbocycles. The molecule has 0 aliphatic carbocycles. The molecule has 0 heterocycles. The van der Waals surface area contributed by atoms with Gasteiger partial charge in [0.1, 0.15) is 17.5 Å². The Kier molecular flexibility index (Phi) is 7.40. The van der Waals surface area contributed by atoms with Crippen molar-refractivity contribution in [2.24, 2.45) is 5.73 Å². The average Bonchev–Trinajstić information content (AvgIpc) is 2.64. The summed E-state index contributed by atoms with van der Waals surface area (Å²) in [6, 6.07) is 11.2. The van der Waals surface area contributed by atoms with Crippen LogP contribution in [-0.4, -0.2) is 24.7 Å². The van der Waals surface area contributed by atoms with E-state index in [1.165, 1.54) is 24.3 Å². The van der Waals surface area contributed by atoms with Gasteiger partial charge in [-0.1, -0.05) is 24.3 Å². The minimum absolute atomic E-state index is 0.0519. The quantitative estimate of drug-likeness (QED) is 0.526. The Morgan fingerprint density at radius 1 is 1.07 bits per heavy atom. The Morgan fingerprint density at radius 2 is 1.61 bits per heavy atom. The molecule has 0 aliphatic rings. The predicted octanol–water partition coefficient (Wildman–Crippen LogP) is 2.97. The molecule has 0 saturated heterocycles. The summed E-state index contributed by atoms with van der Waals surface area (Å²) in [5.74, 6) is -0.681. The molecule has 2 aromatic carbocycles. The van der Waals surface area contributed by atoms with Gasteiger partial charge < -0.3 is 21.8 Å². The summed E-state index contributed by atoms with van der Waals surface area (Å²) >= 11 is 0. The number of amides is 1. The van der Waals surface area contributed by atoms with Crippen LogP contribution in [0.15, 0.2) is 54.4 Å². The van der Waals surface area contributed by atoms with Gasteiger partial charge in [-0.05, 0) is 48.7 Å². The van der Waals surface area contributed by atoms with Gasteiger partial charge in [-0.25, -0.2) is 8.78 Å². The van der Waals surface area contributed by atoms with E-state index in [0.29, 0.717) is 23.4 Å². The molecule has 7 heteroatoms. The minimum Gasteiger partial charge on any atom is -0.374 e. The second-order valence-electron chi connectivity index (χ2n) is 6.47. The van der Waals surface area contributed by atoms with Gasteiger partial charge in [0.2, 0.25) is 5.91 Å². The highest BCUT2D eigenvalue weighted by Crippen LogP contribution is 2.18. The Labute approximate surface area is 163 Å². The van der Waals surface area contributed by atoms with Crippen LogP contribution in [0.1, 0.15) is 24.5 Å². The third-order valence-electron chi connectivity index (χ3n) is 4.13. The highest BCUT2D eigenvalue weighted by Gasteiger charge is 2.16. The van der Waals surface area contributed by atoms with E-state index in [1.807, 2.05) is 0 Å². The topological polar surface area (TPSA) is 91.0 Å². The summed E-state index contributed by atoms with van der Waals surface area (Å²) in [6.07, 6.45) is 0.483. The Bertz CT molecular complexity index is 861. The fourth-order valence-corrected chi connectivity index (χ4v) is 2.84. The van der Waals surface area contributed by atoms with E-state index < -0.39 is 6.04 Å². The molecule has 5 nitrogen and oxygen atoms in total. The number of hydrogen-bond donors (Lipinski definition) is 4. The second-order valence-corrected chi connectivity index (χ2v) is 6.47.